The van der Waals surface area contributed by atoms with Crippen LogP contribution in [-0.2, 0) is 4.79 Å². The lowest BCUT2D eigenvalue weighted by atomic mass is 10.1. The van der Waals surface area contributed by atoms with Crippen molar-refractivity contribution >= 4 is 23.4 Å². The normalized spacial score (nSPS) is 15.1. The maximum absolute atomic E-state index is 11.9. The number of amides is 3. The van der Waals surface area contributed by atoms with Gasteiger partial charge in [0.05, 0.1) is 17.7 Å². The van der Waals surface area contributed by atoms with Crippen LogP contribution in [0.2, 0.25) is 0 Å². The van der Waals surface area contributed by atoms with E-state index in [4.69, 9.17) is 0 Å². The summed E-state index contributed by atoms with van der Waals surface area (Å²) >= 11 is 0. The van der Waals surface area contributed by atoms with Crippen molar-refractivity contribution < 1.29 is 14.4 Å². The highest BCUT2D eigenvalue weighted by molar-refractivity contribution is 6.21. The zero-order chi connectivity index (χ0) is 15.6. The Morgan fingerprint density at radius 3 is 2.57 bits per heavy atom. The standard InChI is InChI=1S/C15H19N3O3/c1-4-9(2)16-8-13(19)17-10-5-6-11-12(7-10)15(21)18(3)14(11)20/h5-7,9,16H,4,8H2,1-3H3,(H,17,19). The first-order chi connectivity index (χ1) is 9.93. The lowest BCUT2D eigenvalue weighted by Gasteiger charge is -2.11. The van der Waals surface area contributed by atoms with Gasteiger partial charge in [0.25, 0.3) is 11.8 Å². The Kier molecular flexibility index (Phi) is 4.37. The van der Waals surface area contributed by atoms with Crippen LogP contribution in [-0.4, -0.2) is 42.3 Å². The van der Waals surface area contributed by atoms with Crippen molar-refractivity contribution in [2.24, 2.45) is 0 Å². The van der Waals surface area contributed by atoms with E-state index < -0.39 is 0 Å². The summed E-state index contributed by atoms with van der Waals surface area (Å²) in [6.07, 6.45) is 0.940. The van der Waals surface area contributed by atoms with Gasteiger partial charge in [-0.15, -0.1) is 0 Å². The predicted molar refractivity (Wildman–Crippen MR) is 79.3 cm³/mol. The van der Waals surface area contributed by atoms with E-state index in [9.17, 15) is 14.4 Å². The Morgan fingerprint density at radius 1 is 1.24 bits per heavy atom. The first-order valence-electron chi connectivity index (χ1n) is 6.93. The van der Waals surface area contributed by atoms with Crippen LogP contribution in [0.1, 0.15) is 41.0 Å². The minimum atomic E-state index is -0.344. The summed E-state index contributed by atoms with van der Waals surface area (Å²) in [7, 11) is 1.44. The zero-order valence-electron chi connectivity index (χ0n) is 12.4. The van der Waals surface area contributed by atoms with E-state index >= 15 is 0 Å². The molecule has 6 heteroatoms. The van der Waals surface area contributed by atoms with E-state index in [-0.39, 0.29) is 30.3 Å². The van der Waals surface area contributed by atoms with Gasteiger partial charge < -0.3 is 10.6 Å². The Labute approximate surface area is 123 Å². The monoisotopic (exact) mass is 289 g/mol. The highest BCUT2D eigenvalue weighted by Crippen LogP contribution is 2.24. The molecular formula is C15H19N3O3. The lowest BCUT2D eigenvalue weighted by molar-refractivity contribution is -0.115. The second-order valence-corrected chi connectivity index (χ2v) is 5.17. The largest absolute Gasteiger partial charge is 0.325 e. The van der Waals surface area contributed by atoms with Gasteiger partial charge in [-0.25, -0.2) is 0 Å². The third-order valence-corrected chi connectivity index (χ3v) is 3.60. The fourth-order valence-electron chi connectivity index (χ4n) is 2.06. The minimum absolute atomic E-state index is 0.180. The average molecular weight is 289 g/mol. The molecule has 2 rings (SSSR count). The number of benzene rings is 1. The van der Waals surface area contributed by atoms with Gasteiger partial charge in [-0.2, -0.15) is 0 Å². The smallest absolute Gasteiger partial charge is 0.261 e. The summed E-state index contributed by atoms with van der Waals surface area (Å²) in [4.78, 5) is 36.5. The molecule has 0 aliphatic carbocycles. The van der Waals surface area contributed by atoms with Gasteiger partial charge in [0.15, 0.2) is 0 Å². The molecule has 1 unspecified atom stereocenters. The van der Waals surface area contributed by atoms with Crippen molar-refractivity contribution in [1.82, 2.24) is 10.2 Å². The van der Waals surface area contributed by atoms with Crippen molar-refractivity contribution in [3.63, 3.8) is 0 Å². The number of imide groups is 1. The molecule has 1 aliphatic rings. The molecule has 1 atom stereocenters. The van der Waals surface area contributed by atoms with Crippen molar-refractivity contribution in [2.45, 2.75) is 26.3 Å². The maximum Gasteiger partial charge on any atom is 0.261 e. The molecule has 2 N–H and O–H groups in total. The van der Waals surface area contributed by atoms with E-state index in [1.165, 1.54) is 7.05 Å². The van der Waals surface area contributed by atoms with Crippen molar-refractivity contribution in [3.05, 3.63) is 29.3 Å². The molecule has 0 radical (unpaired) electrons. The summed E-state index contributed by atoms with van der Waals surface area (Å²) in [5.41, 5.74) is 1.22. The number of hydrogen-bond acceptors (Lipinski definition) is 4. The summed E-state index contributed by atoms with van der Waals surface area (Å²) < 4.78 is 0. The maximum atomic E-state index is 11.9. The predicted octanol–water partition coefficient (Wildman–Crippen LogP) is 1.24. The highest BCUT2D eigenvalue weighted by Gasteiger charge is 2.32. The van der Waals surface area contributed by atoms with E-state index in [1.54, 1.807) is 18.2 Å². The van der Waals surface area contributed by atoms with E-state index in [0.717, 1.165) is 11.3 Å². The van der Waals surface area contributed by atoms with Gasteiger partial charge >= 0.3 is 0 Å². The minimum Gasteiger partial charge on any atom is -0.325 e. The molecule has 0 bridgehead atoms. The Morgan fingerprint density at radius 2 is 1.90 bits per heavy atom. The molecule has 1 aromatic carbocycles. The molecule has 1 heterocycles. The number of rotatable bonds is 5. The van der Waals surface area contributed by atoms with Crippen molar-refractivity contribution in [2.75, 3.05) is 18.9 Å². The quantitative estimate of drug-likeness (QED) is 0.799. The Balaban J connectivity index is 2.05. The second-order valence-electron chi connectivity index (χ2n) is 5.17. The number of fused-ring (bicyclic) bond motifs is 1. The number of carbonyl (C=O) groups excluding carboxylic acids is 3. The van der Waals surface area contributed by atoms with Gasteiger partial charge in [-0.05, 0) is 31.5 Å². The number of anilines is 1. The molecule has 0 saturated heterocycles. The third kappa shape index (κ3) is 3.11. The molecular weight excluding hydrogens is 270 g/mol. The van der Waals surface area contributed by atoms with Crippen LogP contribution in [0.15, 0.2) is 18.2 Å². The van der Waals surface area contributed by atoms with Crippen LogP contribution in [0, 0.1) is 0 Å². The lowest BCUT2D eigenvalue weighted by Crippen LogP contribution is -2.34. The molecule has 6 nitrogen and oxygen atoms in total. The highest BCUT2D eigenvalue weighted by atomic mass is 16.2. The third-order valence-electron chi connectivity index (χ3n) is 3.60. The average Bonchev–Trinajstić information content (AvgIpc) is 2.69. The summed E-state index contributed by atoms with van der Waals surface area (Å²) in [6, 6.07) is 5.00. The van der Waals surface area contributed by atoms with Crippen molar-refractivity contribution in [3.8, 4) is 0 Å². The van der Waals surface area contributed by atoms with Crippen LogP contribution in [0.25, 0.3) is 0 Å². The Bertz CT molecular complexity index is 598. The molecule has 0 saturated carbocycles. The van der Waals surface area contributed by atoms with E-state index in [0.29, 0.717) is 16.8 Å². The van der Waals surface area contributed by atoms with Crippen LogP contribution >= 0.6 is 0 Å². The molecule has 112 valence electrons. The van der Waals surface area contributed by atoms with E-state index in [1.807, 2.05) is 13.8 Å². The summed E-state index contributed by atoms with van der Waals surface area (Å²) in [6.45, 7) is 4.25. The van der Waals surface area contributed by atoms with Gasteiger partial charge in [0.2, 0.25) is 5.91 Å². The van der Waals surface area contributed by atoms with Crippen molar-refractivity contribution in [1.29, 1.82) is 0 Å². The summed E-state index contributed by atoms with van der Waals surface area (Å²) in [5, 5.41) is 5.80. The van der Waals surface area contributed by atoms with Gasteiger partial charge in [-0.3, -0.25) is 19.3 Å². The fourth-order valence-corrected chi connectivity index (χ4v) is 2.06. The SMILES string of the molecule is CCC(C)NCC(=O)Nc1ccc2c(c1)C(=O)N(C)C2=O. The fraction of sp³-hybridized carbons (Fsp3) is 0.400. The molecule has 0 aromatic heterocycles. The zero-order valence-corrected chi connectivity index (χ0v) is 12.4. The number of hydrogen-bond donors (Lipinski definition) is 2. The summed E-state index contributed by atoms with van der Waals surface area (Å²) in [5.74, 6) is -0.837. The molecule has 0 fully saturated rings. The topological polar surface area (TPSA) is 78.5 Å². The second kappa shape index (κ2) is 6.05. The molecule has 1 aliphatic heterocycles. The van der Waals surface area contributed by atoms with Gasteiger partial charge in [0.1, 0.15) is 0 Å². The number of carbonyl (C=O) groups is 3. The number of nitrogens with zero attached hydrogens (tertiary/aromatic N) is 1. The molecule has 21 heavy (non-hydrogen) atoms. The van der Waals surface area contributed by atoms with Crippen LogP contribution in [0.4, 0.5) is 5.69 Å². The van der Waals surface area contributed by atoms with Crippen LogP contribution in [0.5, 0.6) is 0 Å². The van der Waals surface area contributed by atoms with Crippen LogP contribution < -0.4 is 10.6 Å². The first-order valence-corrected chi connectivity index (χ1v) is 6.93. The van der Waals surface area contributed by atoms with Gasteiger partial charge in [0, 0.05) is 18.8 Å². The number of nitrogens with one attached hydrogen (secondary N) is 2. The molecule has 3 amide bonds. The molecule has 1 aromatic rings. The molecule has 0 spiro atoms. The van der Waals surface area contributed by atoms with Gasteiger partial charge in [-0.1, -0.05) is 6.92 Å². The Hall–Kier alpha value is -2.21. The van der Waals surface area contributed by atoms with E-state index in [2.05, 4.69) is 10.6 Å². The first kappa shape index (κ1) is 15.2. The van der Waals surface area contributed by atoms with Crippen LogP contribution in [0.3, 0.4) is 0 Å².